The van der Waals surface area contributed by atoms with E-state index in [2.05, 4.69) is 22.1 Å². The number of anilines is 1. The number of fused-ring (bicyclic) bond motifs is 3. The van der Waals surface area contributed by atoms with Gasteiger partial charge in [-0.2, -0.15) is 5.26 Å². The quantitative estimate of drug-likeness (QED) is 0.387. The lowest BCUT2D eigenvalue weighted by Crippen LogP contribution is -2.57. The number of carbonyl (C=O) groups excluding carboxylic acids is 2. The van der Waals surface area contributed by atoms with Crippen LogP contribution in [-0.4, -0.2) is 60.5 Å². The number of Topliss-reactive ketones (excluding diaryl/α,β-unsaturated/α-hetero) is 1. The zero-order valence-corrected chi connectivity index (χ0v) is 20.8. The van der Waals surface area contributed by atoms with E-state index >= 15 is 0 Å². The lowest BCUT2D eigenvalue weighted by molar-refractivity contribution is -0.137. The Bertz CT molecular complexity index is 1270. The number of nitrogens with zero attached hydrogens (tertiary/aromatic N) is 3. The van der Waals surface area contributed by atoms with E-state index in [9.17, 15) is 9.59 Å². The summed E-state index contributed by atoms with van der Waals surface area (Å²) in [6.45, 7) is 3.76. The SMILES string of the molecule is CC[C@@H]1CN2CC[C@]3(Nc4cccc(-c5ccc(C#N)nc5)c4C3=O)[C@@H]2C[C@@H]1/C(=C\OC)C(=O)OC. The van der Waals surface area contributed by atoms with Gasteiger partial charge in [0.2, 0.25) is 0 Å². The van der Waals surface area contributed by atoms with Gasteiger partial charge in [0.25, 0.3) is 0 Å². The molecule has 3 aliphatic rings. The normalized spacial score (nSPS) is 27.2. The van der Waals surface area contributed by atoms with Crippen LogP contribution in [0.2, 0.25) is 0 Å². The van der Waals surface area contributed by atoms with Crippen LogP contribution in [0.4, 0.5) is 5.69 Å². The third-order valence-electron chi connectivity index (χ3n) is 8.15. The molecular formula is C28H30N4O4. The minimum absolute atomic E-state index is 0.0675. The highest BCUT2D eigenvalue weighted by molar-refractivity contribution is 6.18. The molecule has 8 nitrogen and oxygen atoms in total. The van der Waals surface area contributed by atoms with Gasteiger partial charge in [0.15, 0.2) is 5.78 Å². The van der Waals surface area contributed by atoms with E-state index in [0.29, 0.717) is 29.7 Å². The van der Waals surface area contributed by atoms with Crippen LogP contribution < -0.4 is 5.32 Å². The molecule has 1 spiro atoms. The first-order chi connectivity index (χ1) is 17.5. The summed E-state index contributed by atoms with van der Waals surface area (Å²) in [5, 5.41) is 12.7. The molecule has 36 heavy (non-hydrogen) atoms. The van der Waals surface area contributed by atoms with Crippen LogP contribution in [-0.2, 0) is 14.3 Å². The van der Waals surface area contributed by atoms with Crippen LogP contribution in [0.3, 0.4) is 0 Å². The second kappa shape index (κ2) is 9.40. The number of hydrogen-bond donors (Lipinski definition) is 1. The van der Waals surface area contributed by atoms with E-state index in [-0.39, 0.29) is 29.6 Å². The fraction of sp³-hybridized carbons (Fsp3) is 0.429. The summed E-state index contributed by atoms with van der Waals surface area (Å²) in [6, 6.07) is 11.3. The summed E-state index contributed by atoms with van der Waals surface area (Å²) in [6.07, 6.45) is 5.42. The topological polar surface area (TPSA) is 105 Å². The number of hydrogen-bond acceptors (Lipinski definition) is 8. The van der Waals surface area contributed by atoms with Crippen molar-refractivity contribution in [3.63, 3.8) is 0 Å². The Morgan fingerprint density at radius 3 is 2.83 bits per heavy atom. The number of benzene rings is 1. The number of methoxy groups -OCH3 is 2. The van der Waals surface area contributed by atoms with Crippen molar-refractivity contribution >= 4 is 17.4 Å². The smallest absolute Gasteiger partial charge is 0.337 e. The molecule has 5 rings (SSSR count). The van der Waals surface area contributed by atoms with Gasteiger partial charge in [-0.05, 0) is 48.4 Å². The van der Waals surface area contributed by atoms with Crippen molar-refractivity contribution < 1.29 is 19.1 Å². The number of pyridine rings is 1. The third kappa shape index (κ3) is 3.66. The van der Waals surface area contributed by atoms with Crippen molar-refractivity contribution in [2.45, 2.75) is 37.8 Å². The summed E-state index contributed by atoms with van der Waals surface area (Å²) < 4.78 is 10.4. The van der Waals surface area contributed by atoms with Gasteiger partial charge < -0.3 is 14.8 Å². The van der Waals surface area contributed by atoms with Gasteiger partial charge in [-0.1, -0.05) is 25.5 Å². The molecule has 2 saturated heterocycles. The predicted molar refractivity (Wildman–Crippen MR) is 134 cm³/mol. The number of ketones is 1. The highest BCUT2D eigenvalue weighted by Gasteiger charge is 2.59. The summed E-state index contributed by atoms with van der Waals surface area (Å²) in [5.74, 6) is -0.116. The Labute approximate surface area is 210 Å². The van der Waals surface area contributed by atoms with E-state index in [1.165, 1.54) is 20.5 Å². The van der Waals surface area contributed by atoms with Crippen LogP contribution in [0, 0.1) is 23.2 Å². The number of nitrogens with one attached hydrogen (secondary N) is 1. The molecule has 0 bridgehead atoms. The fourth-order valence-electron chi connectivity index (χ4n) is 6.40. The highest BCUT2D eigenvalue weighted by Crippen LogP contribution is 2.50. The first kappa shape index (κ1) is 24.0. The molecule has 0 radical (unpaired) electrons. The average Bonchev–Trinajstić information content (AvgIpc) is 3.42. The Kier molecular flexibility index (Phi) is 6.27. The van der Waals surface area contributed by atoms with E-state index in [1.807, 2.05) is 30.3 Å². The van der Waals surface area contributed by atoms with Gasteiger partial charge >= 0.3 is 5.97 Å². The standard InChI is InChI=1S/C28H30N4O4/c1-4-17-15-32-11-10-28(24(32)12-21(17)22(16-35-2)27(34)36-3)26(33)25-20(6-5-7-23(25)31-28)18-8-9-19(13-29)30-14-18/h5-9,14,16-17,21,24,31H,4,10-12,15H2,1-3H3/b22-16+/t17-,21+,24+,28+/m1/s1. The molecule has 2 aromatic rings. The van der Waals surface area contributed by atoms with E-state index in [1.54, 1.807) is 12.3 Å². The summed E-state index contributed by atoms with van der Waals surface area (Å²) in [7, 11) is 2.92. The Hall–Kier alpha value is -3.70. The highest BCUT2D eigenvalue weighted by atomic mass is 16.5. The molecule has 8 heteroatoms. The monoisotopic (exact) mass is 486 g/mol. The van der Waals surface area contributed by atoms with Gasteiger partial charge in [0.05, 0.1) is 31.6 Å². The number of carbonyl (C=O) groups is 2. The van der Waals surface area contributed by atoms with Gasteiger partial charge in [-0.25, -0.2) is 9.78 Å². The summed E-state index contributed by atoms with van der Waals surface area (Å²) in [4.78, 5) is 33.5. The van der Waals surface area contributed by atoms with Gasteiger partial charge in [0, 0.05) is 36.6 Å². The minimum atomic E-state index is -0.760. The number of nitriles is 1. The molecule has 3 aliphatic heterocycles. The van der Waals surface area contributed by atoms with Crippen molar-refractivity contribution in [2.24, 2.45) is 11.8 Å². The van der Waals surface area contributed by atoms with Crippen LogP contribution in [0.1, 0.15) is 42.2 Å². The maximum absolute atomic E-state index is 14.2. The molecule has 1 N–H and O–H groups in total. The number of ether oxygens (including phenoxy) is 2. The molecule has 0 saturated carbocycles. The van der Waals surface area contributed by atoms with Gasteiger partial charge in [0.1, 0.15) is 17.3 Å². The van der Waals surface area contributed by atoms with Gasteiger partial charge in [-0.3, -0.25) is 9.69 Å². The molecule has 0 aliphatic carbocycles. The number of rotatable bonds is 5. The molecule has 0 amide bonds. The molecule has 4 atom stereocenters. The second-order valence-electron chi connectivity index (χ2n) is 9.77. The first-order valence-corrected chi connectivity index (χ1v) is 12.3. The largest absolute Gasteiger partial charge is 0.504 e. The number of aromatic nitrogens is 1. The van der Waals surface area contributed by atoms with Crippen LogP contribution in [0.5, 0.6) is 0 Å². The van der Waals surface area contributed by atoms with Crippen molar-refractivity contribution in [2.75, 3.05) is 32.6 Å². The lowest BCUT2D eigenvalue weighted by atomic mass is 9.71. The molecular weight excluding hydrogens is 456 g/mol. The molecule has 0 unspecified atom stereocenters. The van der Waals surface area contributed by atoms with E-state index < -0.39 is 5.54 Å². The Morgan fingerprint density at radius 2 is 2.17 bits per heavy atom. The number of esters is 1. The van der Waals surface area contributed by atoms with E-state index in [4.69, 9.17) is 14.7 Å². The molecule has 1 aromatic heterocycles. The zero-order valence-electron chi connectivity index (χ0n) is 20.8. The minimum Gasteiger partial charge on any atom is -0.504 e. The van der Waals surface area contributed by atoms with Crippen LogP contribution in [0.25, 0.3) is 11.1 Å². The fourth-order valence-corrected chi connectivity index (χ4v) is 6.40. The predicted octanol–water partition coefficient (Wildman–Crippen LogP) is 3.79. The van der Waals surface area contributed by atoms with Crippen LogP contribution in [0.15, 0.2) is 48.4 Å². The maximum atomic E-state index is 14.2. The average molecular weight is 487 g/mol. The summed E-state index contributed by atoms with van der Waals surface area (Å²) in [5.41, 5.74) is 3.20. The maximum Gasteiger partial charge on any atom is 0.337 e. The molecule has 4 heterocycles. The lowest BCUT2D eigenvalue weighted by Gasteiger charge is -2.45. The van der Waals surface area contributed by atoms with Gasteiger partial charge in [-0.15, -0.1) is 0 Å². The van der Waals surface area contributed by atoms with E-state index in [0.717, 1.165) is 36.3 Å². The summed E-state index contributed by atoms with van der Waals surface area (Å²) >= 11 is 0. The van der Waals surface area contributed by atoms with Crippen molar-refractivity contribution in [3.8, 4) is 17.2 Å². The number of piperidine rings is 1. The van der Waals surface area contributed by atoms with Crippen molar-refractivity contribution in [3.05, 3.63) is 59.6 Å². The molecule has 1 aromatic carbocycles. The van der Waals surface area contributed by atoms with Crippen LogP contribution >= 0.6 is 0 Å². The first-order valence-electron chi connectivity index (χ1n) is 12.3. The van der Waals surface area contributed by atoms with Crippen molar-refractivity contribution in [1.82, 2.24) is 9.88 Å². The zero-order chi connectivity index (χ0) is 25.4. The third-order valence-corrected chi connectivity index (χ3v) is 8.15. The molecule has 2 fully saturated rings. The Balaban J connectivity index is 1.52. The van der Waals surface area contributed by atoms with Crippen molar-refractivity contribution in [1.29, 1.82) is 5.26 Å². The second-order valence-corrected chi connectivity index (χ2v) is 9.77. The Morgan fingerprint density at radius 1 is 1.33 bits per heavy atom. The molecule has 186 valence electrons.